The van der Waals surface area contributed by atoms with Crippen LogP contribution in [0.5, 0.6) is 5.75 Å². The summed E-state index contributed by atoms with van der Waals surface area (Å²) in [4.78, 5) is 26.2. The first kappa shape index (κ1) is 19.0. The van der Waals surface area contributed by atoms with E-state index in [1.54, 1.807) is 19.2 Å². The molecule has 2 N–H and O–H groups in total. The highest BCUT2D eigenvalue weighted by Gasteiger charge is 2.52. The average molecular weight is 381 g/mol. The molecule has 7 heteroatoms. The van der Waals surface area contributed by atoms with Gasteiger partial charge in [0.1, 0.15) is 5.75 Å². The van der Waals surface area contributed by atoms with Gasteiger partial charge < -0.3 is 20.1 Å². The van der Waals surface area contributed by atoms with E-state index in [4.69, 9.17) is 16.3 Å². The number of likely N-dealkylation sites (tertiary alicyclic amines) is 1. The normalized spacial score (nSPS) is 27.9. The zero-order valence-corrected chi connectivity index (χ0v) is 15.9. The van der Waals surface area contributed by atoms with Crippen LogP contribution in [-0.4, -0.2) is 53.2 Å². The van der Waals surface area contributed by atoms with Gasteiger partial charge in [-0.2, -0.15) is 0 Å². The number of hydrogen-bond acceptors (Lipinski definition) is 4. The van der Waals surface area contributed by atoms with Crippen molar-refractivity contribution in [2.24, 2.45) is 0 Å². The van der Waals surface area contributed by atoms with Gasteiger partial charge >= 0.3 is 0 Å². The number of ether oxygens (including phenoxy) is 1. The van der Waals surface area contributed by atoms with Crippen LogP contribution in [0.1, 0.15) is 38.2 Å². The predicted molar refractivity (Wildman–Crippen MR) is 98.1 cm³/mol. The Hall–Kier alpha value is -1.79. The van der Waals surface area contributed by atoms with Gasteiger partial charge in [0.25, 0.3) is 0 Å². The molecule has 0 aromatic heterocycles. The van der Waals surface area contributed by atoms with Crippen molar-refractivity contribution in [3.05, 3.63) is 28.8 Å². The largest absolute Gasteiger partial charge is 0.506 e. The van der Waals surface area contributed by atoms with Crippen LogP contribution in [-0.2, 0) is 20.7 Å². The van der Waals surface area contributed by atoms with Gasteiger partial charge in [0.05, 0.1) is 23.1 Å². The van der Waals surface area contributed by atoms with Gasteiger partial charge in [-0.05, 0) is 43.4 Å². The van der Waals surface area contributed by atoms with Crippen molar-refractivity contribution < 1.29 is 19.4 Å². The van der Waals surface area contributed by atoms with E-state index in [-0.39, 0.29) is 46.7 Å². The monoisotopic (exact) mass is 380 g/mol. The number of rotatable bonds is 4. The summed E-state index contributed by atoms with van der Waals surface area (Å²) < 4.78 is 5.86. The van der Waals surface area contributed by atoms with Gasteiger partial charge in [0.15, 0.2) is 0 Å². The number of phenols is 1. The molecule has 0 bridgehead atoms. The van der Waals surface area contributed by atoms with Crippen molar-refractivity contribution in [1.82, 2.24) is 10.2 Å². The van der Waals surface area contributed by atoms with Gasteiger partial charge in [-0.1, -0.05) is 17.7 Å². The Morgan fingerprint density at radius 2 is 2.19 bits per heavy atom. The summed E-state index contributed by atoms with van der Waals surface area (Å²) in [6, 6.07) is 4.85. The molecular weight excluding hydrogens is 356 g/mol. The Kier molecular flexibility index (Phi) is 5.44. The minimum atomic E-state index is -0.322. The molecule has 26 heavy (non-hydrogen) atoms. The maximum atomic E-state index is 12.9. The fourth-order valence-electron chi connectivity index (χ4n) is 4.35. The van der Waals surface area contributed by atoms with Crippen LogP contribution in [0, 0.1) is 0 Å². The van der Waals surface area contributed by atoms with Crippen molar-refractivity contribution >= 4 is 23.4 Å². The standard InChI is InChI=1S/C19H25ClN2O4/c1-12(23)21-14-5-6-19(26-2)7-8-22(17(19)11-14)18(25)10-13-3-4-16(24)15(20)9-13/h3-4,9,14,17,24H,5-8,10-11H2,1-2H3,(H,21,23)/t14-,17+,19-/m1/s1. The number of methoxy groups -OCH3 is 1. The van der Waals surface area contributed by atoms with E-state index in [1.165, 1.54) is 13.0 Å². The maximum Gasteiger partial charge on any atom is 0.227 e. The zero-order chi connectivity index (χ0) is 18.9. The lowest BCUT2D eigenvalue weighted by molar-refractivity contribution is -0.137. The van der Waals surface area contributed by atoms with Gasteiger partial charge in [-0.15, -0.1) is 0 Å². The van der Waals surface area contributed by atoms with Crippen LogP contribution in [0.4, 0.5) is 0 Å². The number of amides is 2. The highest BCUT2D eigenvalue weighted by atomic mass is 35.5. The maximum absolute atomic E-state index is 12.9. The molecule has 1 aromatic rings. The summed E-state index contributed by atoms with van der Waals surface area (Å²) in [7, 11) is 1.71. The number of halogens is 1. The first-order chi connectivity index (χ1) is 12.3. The molecule has 1 aliphatic carbocycles. The number of nitrogens with zero attached hydrogens (tertiary/aromatic N) is 1. The fourth-order valence-corrected chi connectivity index (χ4v) is 4.55. The molecule has 1 saturated heterocycles. The summed E-state index contributed by atoms with van der Waals surface area (Å²) in [6.07, 6.45) is 3.42. The summed E-state index contributed by atoms with van der Waals surface area (Å²) in [6.45, 7) is 2.17. The highest BCUT2D eigenvalue weighted by molar-refractivity contribution is 6.32. The molecular formula is C19H25ClN2O4. The van der Waals surface area contributed by atoms with E-state index in [0.717, 1.165) is 24.8 Å². The predicted octanol–water partition coefficient (Wildman–Crippen LogP) is 2.26. The Balaban J connectivity index is 1.74. The topological polar surface area (TPSA) is 78.9 Å². The van der Waals surface area contributed by atoms with Crippen molar-refractivity contribution in [2.75, 3.05) is 13.7 Å². The molecule has 6 nitrogen and oxygen atoms in total. The molecule has 0 radical (unpaired) electrons. The lowest BCUT2D eigenvalue weighted by Crippen LogP contribution is -2.55. The van der Waals surface area contributed by atoms with Crippen LogP contribution in [0.15, 0.2) is 18.2 Å². The SMILES string of the molecule is CO[C@@]12CC[C@@H](NC(C)=O)C[C@@H]1N(C(=O)Cc1ccc(O)c(Cl)c1)CC2. The third-order valence-corrected chi connectivity index (χ3v) is 5.99. The first-order valence-corrected chi connectivity index (χ1v) is 9.31. The third-order valence-electron chi connectivity index (χ3n) is 5.68. The molecule has 2 amide bonds. The van der Waals surface area contributed by atoms with E-state index in [2.05, 4.69) is 5.32 Å². The molecule has 1 heterocycles. The average Bonchev–Trinajstić information content (AvgIpc) is 2.97. The lowest BCUT2D eigenvalue weighted by Gasteiger charge is -2.43. The fraction of sp³-hybridized carbons (Fsp3) is 0.579. The van der Waals surface area contributed by atoms with Crippen LogP contribution in [0.2, 0.25) is 5.02 Å². The molecule has 0 unspecified atom stereocenters. The lowest BCUT2D eigenvalue weighted by atomic mass is 9.78. The number of fused-ring (bicyclic) bond motifs is 1. The van der Waals surface area contributed by atoms with Crippen molar-refractivity contribution in [2.45, 2.75) is 56.7 Å². The van der Waals surface area contributed by atoms with Crippen LogP contribution in [0.25, 0.3) is 0 Å². The number of hydrogen-bond donors (Lipinski definition) is 2. The van der Waals surface area contributed by atoms with Gasteiger partial charge in [-0.3, -0.25) is 9.59 Å². The molecule has 0 spiro atoms. The molecule has 3 rings (SSSR count). The minimum absolute atomic E-state index is 0.00728. The van der Waals surface area contributed by atoms with E-state index < -0.39 is 0 Å². The van der Waals surface area contributed by atoms with E-state index in [0.29, 0.717) is 13.0 Å². The summed E-state index contributed by atoms with van der Waals surface area (Å²) in [5.41, 5.74) is 0.443. The van der Waals surface area contributed by atoms with E-state index in [1.807, 2.05) is 4.90 Å². The number of carbonyl (C=O) groups is 2. The second kappa shape index (κ2) is 7.45. The minimum Gasteiger partial charge on any atom is -0.506 e. The third kappa shape index (κ3) is 3.67. The first-order valence-electron chi connectivity index (χ1n) is 8.94. The van der Waals surface area contributed by atoms with Crippen LogP contribution < -0.4 is 5.32 Å². The summed E-state index contributed by atoms with van der Waals surface area (Å²) >= 11 is 5.94. The molecule has 2 aliphatic rings. The van der Waals surface area contributed by atoms with Gasteiger partial charge in [-0.25, -0.2) is 0 Å². The Morgan fingerprint density at radius 1 is 1.42 bits per heavy atom. The number of nitrogens with one attached hydrogen (secondary N) is 1. The smallest absolute Gasteiger partial charge is 0.227 e. The van der Waals surface area contributed by atoms with E-state index >= 15 is 0 Å². The van der Waals surface area contributed by atoms with Crippen molar-refractivity contribution in [1.29, 1.82) is 0 Å². The summed E-state index contributed by atoms with van der Waals surface area (Å²) in [5.74, 6) is -0.0263. The van der Waals surface area contributed by atoms with Gasteiger partial charge in [0.2, 0.25) is 11.8 Å². The highest BCUT2D eigenvalue weighted by Crippen LogP contribution is 2.42. The van der Waals surface area contributed by atoms with E-state index in [9.17, 15) is 14.7 Å². The van der Waals surface area contributed by atoms with Crippen LogP contribution >= 0.6 is 11.6 Å². The number of phenolic OH excluding ortho intramolecular Hbond substituents is 1. The van der Waals surface area contributed by atoms with Crippen molar-refractivity contribution in [3.8, 4) is 5.75 Å². The second-order valence-corrected chi connectivity index (χ2v) is 7.66. The Morgan fingerprint density at radius 3 is 2.85 bits per heavy atom. The van der Waals surface area contributed by atoms with Crippen molar-refractivity contribution in [3.63, 3.8) is 0 Å². The number of aromatic hydroxyl groups is 1. The molecule has 1 aliphatic heterocycles. The Bertz CT molecular complexity index is 711. The molecule has 1 saturated carbocycles. The Labute approximate surface area is 158 Å². The molecule has 2 fully saturated rings. The molecule has 3 atom stereocenters. The number of benzene rings is 1. The number of carbonyl (C=O) groups excluding carboxylic acids is 2. The summed E-state index contributed by atoms with van der Waals surface area (Å²) in [5, 5.41) is 12.8. The zero-order valence-electron chi connectivity index (χ0n) is 15.1. The van der Waals surface area contributed by atoms with Crippen LogP contribution in [0.3, 0.4) is 0 Å². The van der Waals surface area contributed by atoms with Gasteiger partial charge in [0, 0.05) is 26.6 Å². The molecule has 142 valence electrons. The molecule has 1 aromatic carbocycles. The second-order valence-electron chi connectivity index (χ2n) is 7.26. The quantitative estimate of drug-likeness (QED) is 0.839.